The van der Waals surface area contributed by atoms with Gasteiger partial charge in [0.25, 0.3) is 5.91 Å². The Morgan fingerprint density at radius 3 is 2.33 bits per heavy atom. The molecule has 0 spiro atoms. The van der Waals surface area contributed by atoms with Crippen molar-refractivity contribution >= 4 is 16.7 Å². The van der Waals surface area contributed by atoms with E-state index in [1.807, 2.05) is 32.9 Å². The zero-order valence-corrected chi connectivity index (χ0v) is 13.3. The molecule has 0 radical (unpaired) electrons. The lowest BCUT2D eigenvalue weighted by Gasteiger charge is -2.18. The van der Waals surface area contributed by atoms with Gasteiger partial charge < -0.3 is 9.32 Å². The molecule has 2 aromatic rings. The van der Waals surface area contributed by atoms with Gasteiger partial charge in [0, 0.05) is 18.0 Å². The van der Waals surface area contributed by atoms with E-state index in [1.54, 1.807) is 23.1 Å². The molecule has 21 heavy (non-hydrogen) atoms. The second-order valence-electron chi connectivity index (χ2n) is 4.68. The molecule has 1 unspecified atom stereocenters. The molecule has 0 bridgehead atoms. The highest BCUT2D eigenvalue weighted by Crippen LogP contribution is 2.23. The van der Waals surface area contributed by atoms with Gasteiger partial charge in [0.1, 0.15) is 10.8 Å². The van der Waals surface area contributed by atoms with Gasteiger partial charge >= 0.3 is 0 Å². The molecule has 112 valence electrons. The molecular formula is C16H19NO3S. The van der Waals surface area contributed by atoms with Gasteiger partial charge in [0.15, 0.2) is 0 Å². The van der Waals surface area contributed by atoms with Crippen molar-refractivity contribution in [3.8, 4) is 0 Å². The van der Waals surface area contributed by atoms with E-state index in [9.17, 15) is 9.00 Å². The molecule has 0 fully saturated rings. The Bertz CT molecular complexity index is 642. The van der Waals surface area contributed by atoms with Crippen LogP contribution >= 0.6 is 0 Å². The number of nitrogens with zero attached hydrogens (tertiary/aromatic N) is 1. The molecule has 0 saturated carbocycles. The second-order valence-corrected chi connectivity index (χ2v) is 6.06. The number of carbonyl (C=O) groups excluding carboxylic acids is 1. The topological polar surface area (TPSA) is 50.5 Å². The first-order valence-electron chi connectivity index (χ1n) is 6.93. The summed E-state index contributed by atoms with van der Waals surface area (Å²) in [6.45, 7) is 7.01. The third-order valence-electron chi connectivity index (χ3n) is 3.31. The van der Waals surface area contributed by atoms with E-state index < -0.39 is 10.8 Å². The van der Waals surface area contributed by atoms with Crippen LogP contribution in [0.4, 0.5) is 0 Å². The van der Waals surface area contributed by atoms with Gasteiger partial charge in [0.05, 0.1) is 11.8 Å². The molecule has 0 N–H and O–H groups in total. The van der Waals surface area contributed by atoms with Crippen LogP contribution in [0.5, 0.6) is 0 Å². The summed E-state index contributed by atoms with van der Waals surface area (Å²) in [7, 11) is -1.49. The van der Waals surface area contributed by atoms with Gasteiger partial charge in [0.2, 0.25) is 5.09 Å². The lowest BCUT2D eigenvalue weighted by Crippen LogP contribution is -2.30. The van der Waals surface area contributed by atoms with Gasteiger partial charge in [-0.3, -0.25) is 4.79 Å². The minimum Gasteiger partial charge on any atom is -0.454 e. The third kappa shape index (κ3) is 3.24. The highest BCUT2D eigenvalue weighted by molar-refractivity contribution is 7.85. The van der Waals surface area contributed by atoms with Crippen LogP contribution in [-0.4, -0.2) is 28.1 Å². The predicted octanol–water partition coefficient (Wildman–Crippen LogP) is 3.24. The molecule has 5 heteroatoms. The van der Waals surface area contributed by atoms with Crippen molar-refractivity contribution in [2.75, 3.05) is 13.1 Å². The van der Waals surface area contributed by atoms with E-state index >= 15 is 0 Å². The normalized spacial score (nSPS) is 12.1. The molecule has 1 heterocycles. The maximum absolute atomic E-state index is 12.6. The van der Waals surface area contributed by atoms with E-state index in [4.69, 9.17) is 4.42 Å². The van der Waals surface area contributed by atoms with Crippen LogP contribution in [0.3, 0.4) is 0 Å². The van der Waals surface area contributed by atoms with Gasteiger partial charge in [-0.1, -0.05) is 17.7 Å². The van der Waals surface area contributed by atoms with Gasteiger partial charge in [-0.2, -0.15) is 0 Å². The number of hydrogen-bond acceptors (Lipinski definition) is 3. The van der Waals surface area contributed by atoms with E-state index in [0.29, 0.717) is 23.5 Å². The summed E-state index contributed by atoms with van der Waals surface area (Å²) >= 11 is 0. The van der Waals surface area contributed by atoms with Crippen LogP contribution in [0.15, 0.2) is 51.0 Å². The Morgan fingerprint density at radius 1 is 1.14 bits per heavy atom. The van der Waals surface area contributed by atoms with Crippen molar-refractivity contribution in [1.82, 2.24) is 4.90 Å². The molecule has 0 aliphatic heterocycles. The van der Waals surface area contributed by atoms with Gasteiger partial charge in [-0.05, 0) is 39.0 Å². The van der Waals surface area contributed by atoms with Crippen LogP contribution in [0.1, 0.15) is 29.8 Å². The van der Waals surface area contributed by atoms with E-state index in [2.05, 4.69) is 0 Å². The number of furan rings is 1. The highest BCUT2D eigenvalue weighted by atomic mass is 32.2. The number of rotatable bonds is 5. The zero-order chi connectivity index (χ0) is 15.4. The quantitative estimate of drug-likeness (QED) is 0.852. The monoisotopic (exact) mass is 305 g/mol. The Hall–Kier alpha value is -1.88. The molecule has 1 atom stereocenters. The number of carbonyl (C=O) groups is 1. The van der Waals surface area contributed by atoms with Crippen LogP contribution in [-0.2, 0) is 10.8 Å². The first-order valence-corrected chi connectivity index (χ1v) is 8.08. The summed E-state index contributed by atoms with van der Waals surface area (Å²) < 4.78 is 17.9. The molecule has 0 aliphatic carbocycles. The number of benzene rings is 1. The Balaban J connectivity index is 2.34. The average Bonchev–Trinajstić information content (AvgIpc) is 2.97. The van der Waals surface area contributed by atoms with E-state index in [-0.39, 0.29) is 11.0 Å². The largest absolute Gasteiger partial charge is 0.454 e. The summed E-state index contributed by atoms with van der Waals surface area (Å²) in [6, 6.07) is 8.95. The summed E-state index contributed by atoms with van der Waals surface area (Å²) in [6.07, 6.45) is 1.41. The molecule has 4 nitrogen and oxygen atoms in total. The van der Waals surface area contributed by atoms with Crippen molar-refractivity contribution < 1.29 is 13.4 Å². The van der Waals surface area contributed by atoms with Gasteiger partial charge in [-0.15, -0.1) is 0 Å². The van der Waals surface area contributed by atoms with Crippen molar-refractivity contribution in [2.24, 2.45) is 0 Å². The van der Waals surface area contributed by atoms with Crippen molar-refractivity contribution in [3.63, 3.8) is 0 Å². The zero-order valence-electron chi connectivity index (χ0n) is 12.5. The predicted molar refractivity (Wildman–Crippen MR) is 81.8 cm³/mol. The fourth-order valence-electron chi connectivity index (χ4n) is 2.05. The first-order chi connectivity index (χ1) is 10.1. The average molecular weight is 305 g/mol. The number of aryl methyl sites for hydroxylation is 1. The van der Waals surface area contributed by atoms with Crippen LogP contribution in [0, 0.1) is 6.92 Å². The fourth-order valence-corrected chi connectivity index (χ4v) is 3.14. The second kappa shape index (κ2) is 6.72. The van der Waals surface area contributed by atoms with Crippen LogP contribution in [0.25, 0.3) is 0 Å². The molecule has 0 saturated heterocycles. The Kier molecular flexibility index (Phi) is 4.96. The van der Waals surface area contributed by atoms with Crippen molar-refractivity contribution in [2.45, 2.75) is 30.8 Å². The SMILES string of the molecule is CCN(CC)C(=O)c1ccoc1S(=O)c1ccc(C)cc1. The van der Waals surface area contributed by atoms with E-state index in [1.165, 1.54) is 6.26 Å². The maximum Gasteiger partial charge on any atom is 0.258 e. The maximum atomic E-state index is 12.6. The number of hydrogen-bond donors (Lipinski definition) is 0. The summed E-state index contributed by atoms with van der Waals surface area (Å²) in [5, 5.41) is 0.218. The van der Waals surface area contributed by atoms with Crippen LogP contribution < -0.4 is 0 Å². The standard InChI is InChI=1S/C16H19NO3S/c1-4-17(5-2)15(18)14-10-11-20-16(14)21(19)13-8-6-12(3)7-9-13/h6-11H,4-5H2,1-3H3. The molecule has 2 rings (SSSR count). The minimum absolute atomic E-state index is 0.149. The molecular weight excluding hydrogens is 286 g/mol. The molecule has 1 aromatic carbocycles. The molecule has 1 amide bonds. The molecule has 0 aliphatic rings. The first kappa shape index (κ1) is 15.5. The Morgan fingerprint density at radius 2 is 1.76 bits per heavy atom. The summed E-state index contributed by atoms with van der Waals surface area (Å²) in [5.41, 5.74) is 1.47. The summed E-state index contributed by atoms with van der Waals surface area (Å²) in [5.74, 6) is -0.149. The van der Waals surface area contributed by atoms with E-state index in [0.717, 1.165) is 5.56 Å². The summed E-state index contributed by atoms with van der Waals surface area (Å²) in [4.78, 5) is 14.7. The lowest BCUT2D eigenvalue weighted by atomic mass is 10.2. The third-order valence-corrected chi connectivity index (χ3v) is 4.67. The Labute approximate surface area is 127 Å². The van der Waals surface area contributed by atoms with Gasteiger partial charge in [-0.25, -0.2) is 4.21 Å². The van der Waals surface area contributed by atoms with Crippen molar-refractivity contribution in [1.29, 1.82) is 0 Å². The lowest BCUT2D eigenvalue weighted by molar-refractivity contribution is 0.0766. The molecule has 1 aromatic heterocycles. The van der Waals surface area contributed by atoms with Crippen molar-refractivity contribution in [3.05, 3.63) is 47.7 Å². The highest BCUT2D eigenvalue weighted by Gasteiger charge is 2.23. The number of amides is 1. The smallest absolute Gasteiger partial charge is 0.258 e. The van der Waals surface area contributed by atoms with Crippen LogP contribution in [0.2, 0.25) is 0 Å². The fraction of sp³-hybridized carbons (Fsp3) is 0.312. The minimum atomic E-state index is -1.49.